The summed E-state index contributed by atoms with van der Waals surface area (Å²) in [6.07, 6.45) is 2.14. The third-order valence-electron chi connectivity index (χ3n) is 1.98. The first kappa shape index (κ1) is 9.58. The minimum Gasteiger partial charge on any atom is -0.478 e. The average molecular weight is 180 g/mol. The molecule has 0 aliphatic rings. The molecule has 0 radical (unpaired) electrons. The van der Waals surface area contributed by atoms with Gasteiger partial charge in [-0.05, 0) is 26.0 Å². The van der Waals surface area contributed by atoms with Gasteiger partial charge in [0.2, 0.25) is 0 Å². The van der Waals surface area contributed by atoms with Crippen LogP contribution in [0.3, 0.4) is 0 Å². The van der Waals surface area contributed by atoms with Gasteiger partial charge in [0.1, 0.15) is 5.76 Å². The van der Waals surface area contributed by atoms with E-state index in [0.717, 1.165) is 11.3 Å². The summed E-state index contributed by atoms with van der Waals surface area (Å²) in [5, 5.41) is 8.69. The average Bonchev–Trinajstić information content (AvgIpc) is 2.55. The van der Waals surface area contributed by atoms with Crippen LogP contribution in [0.25, 0.3) is 0 Å². The predicted molar refractivity (Wildman–Crippen MR) is 48.4 cm³/mol. The van der Waals surface area contributed by atoms with E-state index in [4.69, 9.17) is 9.52 Å². The van der Waals surface area contributed by atoms with Crippen LogP contribution in [0.4, 0.5) is 0 Å². The molecule has 0 aliphatic carbocycles. The molecule has 0 amide bonds. The van der Waals surface area contributed by atoms with E-state index < -0.39 is 5.97 Å². The molecular formula is C10H12O3. The fourth-order valence-corrected chi connectivity index (χ4v) is 0.990. The highest BCUT2D eigenvalue weighted by atomic mass is 16.4. The lowest BCUT2D eigenvalue weighted by Gasteiger charge is -2.00. The molecule has 0 bridgehead atoms. The summed E-state index contributed by atoms with van der Waals surface area (Å²) in [5.74, 6) is -0.0813. The highest BCUT2D eigenvalue weighted by molar-refractivity contribution is 5.86. The first-order valence-electron chi connectivity index (χ1n) is 4.03. The van der Waals surface area contributed by atoms with Crippen LogP contribution in [0.15, 0.2) is 34.0 Å². The van der Waals surface area contributed by atoms with E-state index in [9.17, 15) is 4.79 Å². The molecule has 1 rings (SSSR count). The van der Waals surface area contributed by atoms with Gasteiger partial charge in [-0.15, -0.1) is 0 Å². The third kappa shape index (κ3) is 2.47. The van der Waals surface area contributed by atoms with E-state index >= 15 is 0 Å². The molecule has 13 heavy (non-hydrogen) atoms. The Morgan fingerprint density at radius 2 is 2.23 bits per heavy atom. The highest BCUT2D eigenvalue weighted by Gasteiger charge is 2.06. The molecule has 0 aromatic carbocycles. The number of allylic oxidation sites excluding steroid dienone is 1. The maximum Gasteiger partial charge on any atom is 0.331 e. The number of hydrogen-bond donors (Lipinski definition) is 1. The summed E-state index contributed by atoms with van der Waals surface area (Å²) in [6, 6.07) is 3.62. The number of furan rings is 1. The Bertz CT molecular complexity index is 320. The second kappa shape index (κ2) is 3.94. The van der Waals surface area contributed by atoms with Crippen LogP contribution in [-0.2, 0) is 11.2 Å². The molecule has 0 atom stereocenters. The van der Waals surface area contributed by atoms with Gasteiger partial charge in [0.15, 0.2) is 0 Å². The summed E-state index contributed by atoms with van der Waals surface area (Å²) in [6.45, 7) is 3.40. The van der Waals surface area contributed by atoms with Gasteiger partial charge >= 0.3 is 5.97 Å². The van der Waals surface area contributed by atoms with Crippen molar-refractivity contribution >= 4 is 5.97 Å². The molecule has 0 saturated heterocycles. The standard InChI is InChI=1S/C10H12O3/c1-7(8(2)10(11)12)6-9-4-3-5-13-9/h3-5H,6H2,1-2H3,(H,11,12). The smallest absolute Gasteiger partial charge is 0.331 e. The molecule has 1 aromatic rings. The van der Waals surface area contributed by atoms with Crippen LogP contribution >= 0.6 is 0 Å². The van der Waals surface area contributed by atoms with Gasteiger partial charge in [-0.2, -0.15) is 0 Å². The zero-order valence-corrected chi connectivity index (χ0v) is 7.70. The monoisotopic (exact) mass is 180 g/mol. The van der Waals surface area contributed by atoms with Crippen LogP contribution in [-0.4, -0.2) is 11.1 Å². The molecule has 3 heteroatoms. The largest absolute Gasteiger partial charge is 0.478 e. The van der Waals surface area contributed by atoms with E-state index in [0.29, 0.717) is 12.0 Å². The maximum absolute atomic E-state index is 10.6. The van der Waals surface area contributed by atoms with Crippen molar-refractivity contribution in [2.75, 3.05) is 0 Å². The predicted octanol–water partition coefficient (Wildman–Crippen LogP) is 2.24. The molecule has 1 N–H and O–H groups in total. The first-order chi connectivity index (χ1) is 6.11. The summed E-state index contributed by atoms with van der Waals surface area (Å²) in [4.78, 5) is 10.6. The highest BCUT2D eigenvalue weighted by Crippen LogP contribution is 2.11. The topological polar surface area (TPSA) is 50.4 Å². The molecule has 70 valence electrons. The van der Waals surface area contributed by atoms with E-state index in [1.807, 2.05) is 6.07 Å². The van der Waals surface area contributed by atoms with E-state index in [1.54, 1.807) is 26.2 Å². The van der Waals surface area contributed by atoms with Crippen LogP contribution in [0.2, 0.25) is 0 Å². The lowest BCUT2D eigenvalue weighted by Crippen LogP contribution is -2.00. The quantitative estimate of drug-likeness (QED) is 0.726. The summed E-state index contributed by atoms with van der Waals surface area (Å²) in [5.41, 5.74) is 1.21. The molecule has 3 nitrogen and oxygen atoms in total. The number of carboxylic acid groups (broad SMARTS) is 1. The zero-order chi connectivity index (χ0) is 9.84. The molecule has 1 aromatic heterocycles. The molecule has 1 heterocycles. The summed E-state index contributed by atoms with van der Waals surface area (Å²) < 4.78 is 5.11. The van der Waals surface area contributed by atoms with E-state index in [2.05, 4.69) is 0 Å². The molecule has 0 spiro atoms. The first-order valence-corrected chi connectivity index (χ1v) is 4.03. The van der Waals surface area contributed by atoms with Crippen molar-refractivity contribution in [3.05, 3.63) is 35.3 Å². The van der Waals surface area contributed by atoms with Crippen molar-refractivity contribution in [3.63, 3.8) is 0 Å². The molecular weight excluding hydrogens is 168 g/mol. The fraction of sp³-hybridized carbons (Fsp3) is 0.300. The van der Waals surface area contributed by atoms with Crippen LogP contribution in [0.1, 0.15) is 19.6 Å². The normalized spacial score (nSPS) is 12.5. The van der Waals surface area contributed by atoms with Crippen molar-refractivity contribution in [2.24, 2.45) is 0 Å². The van der Waals surface area contributed by atoms with E-state index in [1.165, 1.54) is 0 Å². The number of hydrogen-bond acceptors (Lipinski definition) is 2. The Morgan fingerprint density at radius 3 is 2.69 bits per heavy atom. The van der Waals surface area contributed by atoms with Gasteiger partial charge < -0.3 is 9.52 Å². The second-order valence-electron chi connectivity index (χ2n) is 2.97. The van der Waals surface area contributed by atoms with Crippen molar-refractivity contribution < 1.29 is 14.3 Å². The van der Waals surface area contributed by atoms with Gasteiger partial charge in [-0.3, -0.25) is 0 Å². The van der Waals surface area contributed by atoms with Gasteiger partial charge in [-0.25, -0.2) is 4.79 Å². The fourth-order valence-electron chi connectivity index (χ4n) is 0.990. The lowest BCUT2D eigenvalue weighted by molar-refractivity contribution is -0.132. The summed E-state index contributed by atoms with van der Waals surface area (Å²) in [7, 11) is 0. The van der Waals surface area contributed by atoms with Crippen molar-refractivity contribution in [2.45, 2.75) is 20.3 Å². The van der Waals surface area contributed by atoms with Gasteiger partial charge in [0.05, 0.1) is 6.26 Å². The second-order valence-corrected chi connectivity index (χ2v) is 2.97. The van der Waals surface area contributed by atoms with Crippen LogP contribution < -0.4 is 0 Å². The van der Waals surface area contributed by atoms with Crippen molar-refractivity contribution in [1.29, 1.82) is 0 Å². The lowest BCUT2D eigenvalue weighted by atomic mass is 10.1. The maximum atomic E-state index is 10.6. The van der Waals surface area contributed by atoms with Gasteiger partial charge in [0, 0.05) is 12.0 Å². The minimum absolute atomic E-state index is 0.386. The Balaban J connectivity index is 2.75. The summed E-state index contributed by atoms with van der Waals surface area (Å²) >= 11 is 0. The van der Waals surface area contributed by atoms with Gasteiger partial charge in [-0.1, -0.05) is 5.57 Å². The minimum atomic E-state index is -0.871. The molecule has 0 fully saturated rings. The Kier molecular flexibility index (Phi) is 2.90. The SMILES string of the molecule is CC(Cc1ccco1)=C(C)C(=O)O. The Labute approximate surface area is 76.7 Å². The van der Waals surface area contributed by atoms with Crippen molar-refractivity contribution in [1.82, 2.24) is 0 Å². The van der Waals surface area contributed by atoms with Crippen LogP contribution in [0.5, 0.6) is 0 Å². The van der Waals surface area contributed by atoms with Gasteiger partial charge in [0.25, 0.3) is 0 Å². The number of carbonyl (C=O) groups is 1. The molecule has 0 saturated carbocycles. The number of carboxylic acids is 1. The Hall–Kier alpha value is -1.51. The number of rotatable bonds is 3. The molecule has 0 aliphatic heterocycles. The zero-order valence-electron chi connectivity index (χ0n) is 7.70. The van der Waals surface area contributed by atoms with Crippen LogP contribution in [0, 0.1) is 0 Å². The van der Waals surface area contributed by atoms with Crippen molar-refractivity contribution in [3.8, 4) is 0 Å². The van der Waals surface area contributed by atoms with E-state index in [-0.39, 0.29) is 0 Å². The number of aliphatic carboxylic acids is 1. The molecule has 0 unspecified atom stereocenters. The Morgan fingerprint density at radius 1 is 1.54 bits per heavy atom. The third-order valence-corrected chi connectivity index (χ3v) is 1.98.